The summed E-state index contributed by atoms with van der Waals surface area (Å²) >= 11 is 0. The summed E-state index contributed by atoms with van der Waals surface area (Å²) < 4.78 is 10.7. The molecule has 0 aliphatic heterocycles. The van der Waals surface area contributed by atoms with Crippen molar-refractivity contribution in [3.05, 3.63) is 17.7 Å². The molecule has 1 aromatic carbocycles. The molecule has 1 unspecified atom stereocenters. The molecule has 0 spiro atoms. The lowest BCUT2D eigenvalue weighted by Gasteiger charge is -2.23. The van der Waals surface area contributed by atoms with Crippen LogP contribution in [0.15, 0.2) is 12.1 Å². The Hall–Kier alpha value is -1.38. The molecule has 1 fully saturated rings. The first-order valence-corrected chi connectivity index (χ1v) is 6.49. The second-order valence-electron chi connectivity index (χ2n) is 5.54. The lowest BCUT2D eigenvalue weighted by atomic mass is 10.00. The van der Waals surface area contributed by atoms with Crippen LogP contribution in [0, 0.1) is 12.3 Å². The van der Waals surface area contributed by atoms with Crippen molar-refractivity contribution in [1.82, 2.24) is 0 Å². The first-order chi connectivity index (χ1) is 8.50. The summed E-state index contributed by atoms with van der Waals surface area (Å²) in [5.41, 5.74) is 2.77. The Morgan fingerprint density at radius 3 is 2.22 bits per heavy atom. The molecule has 0 saturated heterocycles. The van der Waals surface area contributed by atoms with Crippen molar-refractivity contribution in [2.75, 3.05) is 19.5 Å². The SMILES string of the molecule is COc1cc(C)c(NC(C)C2(C)CC2)cc1OC. The van der Waals surface area contributed by atoms with Gasteiger partial charge in [0.15, 0.2) is 11.5 Å². The van der Waals surface area contributed by atoms with Crippen LogP contribution in [0.4, 0.5) is 5.69 Å². The molecule has 0 aromatic heterocycles. The second kappa shape index (κ2) is 4.71. The van der Waals surface area contributed by atoms with Crippen LogP contribution in [0.25, 0.3) is 0 Å². The molecule has 1 saturated carbocycles. The summed E-state index contributed by atoms with van der Waals surface area (Å²) in [5, 5.41) is 3.60. The molecule has 0 amide bonds. The molecule has 1 atom stereocenters. The molecule has 0 heterocycles. The van der Waals surface area contributed by atoms with Gasteiger partial charge in [-0.2, -0.15) is 0 Å². The van der Waals surface area contributed by atoms with E-state index in [9.17, 15) is 0 Å². The van der Waals surface area contributed by atoms with Crippen molar-refractivity contribution in [1.29, 1.82) is 0 Å². The molecule has 1 N–H and O–H groups in total. The molecule has 0 bridgehead atoms. The van der Waals surface area contributed by atoms with Crippen molar-refractivity contribution in [3.8, 4) is 11.5 Å². The monoisotopic (exact) mass is 249 g/mol. The summed E-state index contributed by atoms with van der Waals surface area (Å²) in [5.74, 6) is 1.56. The Balaban J connectivity index is 2.22. The molecule has 3 nitrogen and oxygen atoms in total. The fourth-order valence-corrected chi connectivity index (χ4v) is 2.17. The molecule has 2 rings (SSSR count). The van der Waals surface area contributed by atoms with E-state index in [-0.39, 0.29) is 0 Å². The van der Waals surface area contributed by atoms with Gasteiger partial charge in [0.2, 0.25) is 0 Å². The smallest absolute Gasteiger partial charge is 0.162 e. The lowest BCUT2D eigenvalue weighted by Crippen LogP contribution is -2.25. The fraction of sp³-hybridized carbons (Fsp3) is 0.600. The van der Waals surface area contributed by atoms with Crippen LogP contribution in [0.3, 0.4) is 0 Å². The minimum Gasteiger partial charge on any atom is -0.493 e. The van der Waals surface area contributed by atoms with Gasteiger partial charge < -0.3 is 14.8 Å². The first kappa shape index (κ1) is 13.1. The van der Waals surface area contributed by atoms with Gasteiger partial charge in [0.25, 0.3) is 0 Å². The van der Waals surface area contributed by atoms with Crippen molar-refractivity contribution < 1.29 is 9.47 Å². The number of methoxy groups -OCH3 is 2. The normalized spacial score (nSPS) is 18.1. The van der Waals surface area contributed by atoms with E-state index in [1.54, 1.807) is 14.2 Å². The molecular weight excluding hydrogens is 226 g/mol. The van der Waals surface area contributed by atoms with Crippen LogP contribution in [-0.4, -0.2) is 20.3 Å². The van der Waals surface area contributed by atoms with E-state index >= 15 is 0 Å². The van der Waals surface area contributed by atoms with Crippen molar-refractivity contribution in [3.63, 3.8) is 0 Å². The topological polar surface area (TPSA) is 30.5 Å². The Morgan fingerprint density at radius 2 is 1.72 bits per heavy atom. The van der Waals surface area contributed by atoms with Crippen molar-refractivity contribution >= 4 is 5.69 Å². The zero-order valence-corrected chi connectivity index (χ0v) is 12.0. The van der Waals surface area contributed by atoms with Gasteiger partial charge in [0.1, 0.15) is 0 Å². The molecule has 18 heavy (non-hydrogen) atoms. The average Bonchev–Trinajstić information content (AvgIpc) is 3.10. The van der Waals surface area contributed by atoms with E-state index in [0.29, 0.717) is 11.5 Å². The predicted molar refractivity (Wildman–Crippen MR) is 74.7 cm³/mol. The van der Waals surface area contributed by atoms with Crippen molar-refractivity contribution in [2.45, 2.75) is 39.7 Å². The van der Waals surface area contributed by atoms with Gasteiger partial charge in [-0.15, -0.1) is 0 Å². The number of aryl methyl sites for hydroxylation is 1. The maximum absolute atomic E-state index is 5.35. The zero-order chi connectivity index (χ0) is 13.3. The van der Waals surface area contributed by atoms with Crippen molar-refractivity contribution in [2.24, 2.45) is 5.41 Å². The minimum absolute atomic E-state index is 0.458. The van der Waals surface area contributed by atoms with Gasteiger partial charge in [0, 0.05) is 17.8 Å². The van der Waals surface area contributed by atoms with Crippen LogP contribution in [0.2, 0.25) is 0 Å². The van der Waals surface area contributed by atoms with E-state index in [4.69, 9.17) is 9.47 Å². The second-order valence-corrected chi connectivity index (χ2v) is 5.54. The van der Waals surface area contributed by atoms with Crippen LogP contribution < -0.4 is 14.8 Å². The average molecular weight is 249 g/mol. The Labute approximate surface area is 109 Å². The van der Waals surface area contributed by atoms with Gasteiger partial charge in [0.05, 0.1) is 14.2 Å². The molecule has 1 aromatic rings. The maximum atomic E-state index is 5.35. The number of ether oxygens (including phenoxy) is 2. The third-order valence-electron chi connectivity index (χ3n) is 4.19. The quantitative estimate of drug-likeness (QED) is 0.864. The molecule has 3 heteroatoms. The zero-order valence-electron chi connectivity index (χ0n) is 12.0. The highest BCUT2D eigenvalue weighted by Gasteiger charge is 2.42. The van der Waals surface area contributed by atoms with E-state index in [1.165, 1.54) is 18.4 Å². The highest BCUT2D eigenvalue weighted by atomic mass is 16.5. The van der Waals surface area contributed by atoms with E-state index in [1.807, 2.05) is 12.1 Å². The molecule has 0 radical (unpaired) electrons. The van der Waals surface area contributed by atoms with Crippen LogP contribution >= 0.6 is 0 Å². The van der Waals surface area contributed by atoms with Crippen LogP contribution in [0.1, 0.15) is 32.3 Å². The summed E-state index contributed by atoms with van der Waals surface area (Å²) in [6.07, 6.45) is 2.63. The number of benzene rings is 1. The van der Waals surface area contributed by atoms with Gasteiger partial charge >= 0.3 is 0 Å². The van der Waals surface area contributed by atoms with E-state index in [0.717, 1.165) is 17.2 Å². The summed E-state index contributed by atoms with van der Waals surface area (Å²) in [7, 11) is 3.33. The number of rotatable bonds is 5. The predicted octanol–water partition coefficient (Wildman–Crippen LogP) is 3.61. The highest BCUT2D eigenvalue weighted by molar-refractivity contribution is 5.60. The van der Waals surface area contributed by atoms with Gasteiger partial charge in [-0.25, -0.2) is 0 Å². The van der Waals surface area contributed by atoms with Gasteiger partial charge in [-0.05, 0) is 43.7 Å². The fourth-order valence-electron chi connectivity index (χ4n) is 2.17. The molecule has 100 valence electrons. The third-order valence-corrected chi connectivity index (χ3v) is 4.19. The Kier molecular flexibility index (Phi) is 3.42. The Morgan fingerprint density at radius 1 is 1.17 bits per heavy atom. The number of anilines is 1. The lowest BCUT2D eigenvalue weighted by molar-refractivity contribution is 0.355. The third kappa shape index (κ3) is 2.40. The maximum Gasteiger partial charge on any atom is 0.162 e. The van der Waals surface area contributed by atoms with Crippen LogP contribution in [0.5, 0.6) is 11.5 Å². The number of hydrogen-bond acceptors (Lipinski definition) is 3. The number of nitrogens with one attached hydrogen (secondary N) is 1. The minimum atomic E-state index is 0.458. The summed E-state index contributed by atoms with van der Waals surface area (Å²) in [6, 6.07) is 4.52. The van der Waals surface area contributed by atoms with E-state index < -0.39 is 0 Å². The van der Waals surface area contributed by atoms with Gasteiger partial charge in [-0.1, -0.05) is 6.92 Å². The first-order valence-electron chi connectivity index (χ1n) is 6.49. The number of hydrogen-bond donors (Lipinski definition) is 1. The largest absolute Gasteiger partial charge is 0.493 e. The summed E-state index contributed by atoms with van der Waals surface area (Å²) in [6.45, 7) is 6.68. The molecule has 1 aliphatic rings. The standard InChI is InChI=1S/C15H23NO2/c1-10-8-13(17-4)14(18-5)9-12(10)16-11(2)15(3)6-7-15/h8-9,11,16H,6-7H2,1-5H3. The Bertz CT molecular complexity index is 438. The highest BCUT2D eigenvalue weighted by Crippen LogP contribution is 2.49. The van der Waals surface area contributed by atoms with E-state index in [2.05, 4.69) is 26.1 Å². The molecular formula is C15H23NO2. The summed E-state index contributed by atoms with van der Waals surface area (Å²) in [4.78, 5) is 0. The van der Waals surface area contributed by atoms with Crippen LogP contribution in [-0.2, 0) is 0 Å². The molecule has 1 aliphatic carbocycles. The van der Waals surface area contributed by atoms with Gasteiger partial charge in [-0.3, -0.25) is 0 Å².